The van der Waals surface area contributed by atoms with Gasteiger partial charge in [-0.2, -0.15) is 0 Å². The van der Waals surface area contributed by atoms with Crippen LogP contribution in [0.4, 0.5) is 5.69 Å². The number of para-hydroxylation sites is 1. The summed E-state index contributed by atoms with van der Waals surface area (Å²) in [6.45, 7) is 8.45. The van der Waals surface area contributed by atoms with Crippen LogP contribution in [0.5, 0.6) is 5.75 Å². The molecule has 0 radical (unpaired) electrons. The number of oxazole rings is 1. The minimum absolute atomic E-state index is 0.110. The molecule has 29 heavy (non-hydrogen) atoms. The number of aliphatic imine (C=N–C) groups is 1. The highest BCUT2D eigenvalue weighted by atomic mass is 16.3. The van der Waals surface area contributed by atoms with Crippen LogP contribution in [0.15, 0.2) is 70.1 Å². The molecule has 0 unspecified atom stereocenters. The molecule has 0 amide bonds. The van der Waals surface area contributed by atoms with Crippen molar-refractivity contribution in [1.29, 1.82) is 0 Å². The topological polar surface area (TPSA) is 58.6 Å². The van der Waals surface area contributed by atoms with Crippen LogP contribution < -0.4 is 0 Å². The van der Waals surface area contributed by atoms with Crippen LogP contribution in [0.2, 0.25) is 0 Å². The molecule has 0 atom stereocenters. The first kappa shape index (κ1) is 18.9. The Labute approximate surface area is 170 Å². The molecule has 3 aromatic carbocycles. The lowest BCUT2D eigenvalue weighted by atomic mass is 9.87. The first-order valence-electron chi connectivity index (χ1n) is 9.65. The van der Waals surface area contributed by atoms with Crippen molar-refractivity contribution in [2.45, 2.75) is 33.1 Å². The zero-order valence-electron chi connectivity index (χ0n) is 17.1. The molecule has 0 aliphatic carbocycles. The van der Waals surface area contributed by atoms with E-state index in [1.807, 2.05) is 55.5 Å². The summed E-state index contributed by atoms with van der Waals surface area (Å²) in [4.78, 5) is 9.11. The summed E-state index contributed by atoms with van der Waals surface area (Å²) in [5, 5.41) is 10.1. The van der Waals surface area contributed by atoms with Crippen LogP contribution in [0.1, 0.15) is 37.5 Å². The fraction of sp³-hybridized carbons (Fsp3) is 0.200. The summed E-state index contributed by atoms with van der Waals surface area (Å²) >= 11 is 0. The molecule has 0 aliphatic heterocycles. The monoisotopic (exact) mass is 384 g/mol. The van der Waals surface area contributed by atoms with Gasteiger partial charge in [-0.15, -0.1) is 0 Å². The van der Waals surface area contributed by atoms with E-state index in [1.54, 1.807) is 6.21 Å². The van der Waals surface area contributed by atoms with Gasteiger partial charge >= 0.3 is 0 Å². The van der Waals surface area contributed by atoms with E-state index < -0.39 is 0 Å². The number of rotatable bonds is 3. The molecule has 4 nitrogen and oxygen atoms in total. The van der Waals surface area contributed by atoms with Crippen molar-refractivity contribution in [2.24, 2.45) is 4.99 Å². The Morgan fingerprint density at radius 3 is 2.48 bits per heavy atom. The fourth-order valence-corrected chi connectivity index (χ4v) is 3.16. The van der Waals surface area contributed by atoms with Gasteiger partial charge in [0, 0.05) is 17.3 Å². The lowest BCUT2D eigenvalue weighted by molar-refractivity contribution is 0.470. The highest BCUT2D eigenvalue weighted by molar-refractivity contribution is 5.87. The molecule has 0 saturated heterocycles. The van der Waals surface area contributed by atoms with Crippen molar-refractivity contribution in [3.63, 3.8) is 0 Å². The smallest absolute Gasteiger partial charge is 0.227 e. The lowest BCUT2D eigenvalue weighted by Crippen LogP contribution is -2.10. The van der Waals surface area contributed by atoms with Crippen LogP contribution in [0.3, 0.4) is 0 Å². The standard InChI is InChI=1S/C25H24N2O2/c1-16-6-5-7-18(23(16)28)15-26-20-12-13-22-21(14-20)27-24(29-22)17-8-10-19(11-9-17)25(2,3)4/h5-15,28H,1-4H3. The minimum Gasteiger partial charge on any atom is -0.507 e. The van der Waals surface area contributed by atoms with E-state index in [2.05, 4.69) is 42.9 Å². The maximum absolute atomic E-state index is 10.1. The summed E-state index contributed by atoms with van der Waals surface area (Å²) < 4.78 is 5.93. The Morgan fingerprint density at radius 2 is 1.76 bits per heavy atom. The van der Waals surface area contributed by atoms with Gasteiger partial charge in [0.15, 0.2) is 5.58 Å². The Kier molecular flexibility index (Phi) is 4.71. The number of hydrogen-bond acceptors (Lipinski definition) is 4. The summed E-state index contributed by atoms with van der Waals surface area (Å²) in [5.41, 5.74) is 6.06. The third-order valence-electron chi connectivity index (χ3n) is 4.99. The number of nitrogens with zero attached hydrogens (tertiary/aromatic N) is 2. The Hall–Kier alpha value is -3.40. The Morgan fingerprint density at radius 1 is 1.00 bits per heavy atom. The fourth-order valence-electron chi connectivity index (χ4n) is 3.16. The van der Waals surface area contributed by atoms with Gasteiger partial charge in [-0.05, 0) is 59.9 Å². The van der Waals surface area contributed by atoms with Crippen molar-refractivity contribution < 1.29 is 9.52 Å². The largest absolute Gasteiger partial charge is 0.507 e. The number of aromatic hydroxyl groups is 1. The van der Waals surface area contributed by atoms with Gasteiger partial charge in [0.2, 0.25) is 5.89 Å². The molecule has 0 aliphatic rings. The van der Waals surface area contributed by atoms with E-state index in [1.165, 1.54) is 5.56 Å². The van der Waals surface area contributed by atoms with E-state index >= 15 is 0 Å². The van der Waals surface area contributed by atoms with Gasteiger partial charge < -0.3 is 9.52 Å². The van der Waals surface area contributed by atoms with Crippen molar-refractivity contribution in [2.75, 3.05) is 0 Å². The van der Waals surface area contributed by atoms with E-state index in [0.29, 0.717) is 11.5 Å². The molecule has 1 aromatic heterocycles. The second kappa shape index (κ2) is 7.21. The van der Waals surface area contributed by atoms with Crippen LogP contribution in [-0.2, 0) is 5.41 Å². The third-order valence-corrected chi connectivity index (χ3v) is 4.99. The van der Waals surface area contributed by atoms with Gasteiger partial charge in [-0.25, -0.2) is 4.98 Å². The first-order valence-corrected chi connectivity index (χ1v) is 9.65. The van der Waals surface area contributed by atoms with Crippen LogP contribution in [0, 0.1) is 6.92 Å². The number of aromatic nitrogens is 1. The molecular weight excluding hydrogens is 360 g/mol. The number of benzene rings is 3. The highest BCUT2D eigenvalue weighted by Crippen LogP contribution is 2.29. The number of aryl methyl sites for hydroxylation is 1. The maximum Gasteiger partial charge on any atom is 0.227 e. The number of hydrogen-bond donors (Lipinski definition) is 1. The zero-order chi connectivity index (χ0) is 20.6. The molecule has 1 N–H and O–H groups in total. The zero-order valence-corrected chi connectivity index (χ0v) is 17.1. The van der Waals surface area contributed by atoms with Crippen LogP contribution in [-0.4, -0.2) is 16.3 Å². The Balaban J connectivity index is 1.62. The first-order chi connectivity index (χ1) is 13.8. The normalized spacial score (nSPS) is 12.1. The summed E-state index contributed by atoms with van der Waals surface area (Å²) in [5.74, 6) is 0.845. The van der Waals surface area contributed by atoms with Crippen LogP contribution in [0.25, 0.3) is 22.6 Å². The molecule has 4 heteroatoms. The van der Waals surface area contributed by atoms with Gasteiger partial charge in [0.1, 0.15) is 11.3 Å². The predicted octanol–water partition coefficient (Wildman–Crippen LogP) is 6.56. The number of phenolic OH excluding ortho intramolecular Hbond substituents is 1. The molecule has 1 heterocycles. The van der Waals surface area contributed by atoms with Gasteiger partial charge in [-0.1, -0.05) is 45.0 Å². The molecule has 4 aromatic rings. The van der Waals surface area contributed by atoms with Crippen molar-refractivity contribution in [3.8, 4) is 17.2 Å². The summed E-state index contributed by atoms with van der Waals surface area (Å²) in [7, 11) is 0. The average Bonchev–Trinajstić information content (AvgIpc) is 3.12. The molecule has 4 rings (SSSR count). The predicted molar refractivity (Wildman–Crippen MR) is 118 cm³/mol. The average molecular weight is 384 g/mol. The van der Waals surface area contributed by atoms with Crippen molar-refractivity contribution in [1.82, 2.24) is 4.98 Å². The molecule has 0 fully saturated rings. The van der Waals surface area contributed by atoms with E-state index in [-0.39, 0.29) is 11.2 Å². The molecule has 0 spiro atoms. The second-order valence-electron chi connectivity index (χ2n) is 8.27. The minimum atomic E-state index is 0.110. The van der Waals surface area contributed by atoms with E-state index in [0.717, 1.165) is 27.9 Å². The number of phenols is 1. The highest BCUT2D eigenvalue weighted by Gasteiger charge is 2.14. The van der Waals surface area contributed by atoms with Crippen molar-refractivity contribution in [3.05, 3.63) is 77.4 Å². The summed E-state index contributed by atoms with van der Waals surface area (Å²) in [6.07, 6.45) is 1.66. The summed E-state index contributed by atoms with van der Waals surface area (Å²) in [6, 6.07) is 19.6. The van der Waals surface area contributed by atoms with Gasteiger partial charge in [0.05, 0.1) is 5.69 Å². The quantitative estimate of drug-likeness (QED) is 0.407. The molecule has 0 bridgehead atoms. The third kappa shape index (κ3) is 3.92. The molecule has 146 valence electrons. The van der Waals surface area contributed by atoms with Crippen LogP contribution >= 0.6 is 0 Å². The Bertz CT molecular complexity index is 1200. The van der Waals surface area contributed by atoms with E-state index in [4.69, 9.17) is 4.42 Å². The maximum atomic E-state index is 10.1. The SMILES string of the molecule is Cc1cccc(C=Nc2ccc3oc(-c4ccc(C(C)(C)C)cc4)nc3c2)c1O. The van der Waals surface area contributed by atoms with Crippen molar-refractivity contribution >= 4 is 23.0 Å². The second-order valence-corrected chi connectivity index (χ2v) is 8.27. The number of fused-ring (bicyclic) bond motifs is 1. The molecular formula is C25H24N2O2. The lowest BCUT2D eigenvalue weighted by Gasteiger charge is -2.18. The van der Waals surface area contributed by atoms with Gasteiger partial charge in [0.25, 0.3) is 0 Å². The van der Waals surface area contributed by atoms with E-state index in [9.17, 15) is 5.11 Å². The van der Waals surface area contributed by atoms with Gasteiger partial charge in [-0.3, -0.25) is 4.99 Å². The molecule has 0 saturated carbocycles.